The number of carbonyl (C=O) groups is 1. The fourth-order valence-electron chi connectivity index (χ4n) is 5.10. The molecule has 30 heavy (non-hydrogen) atoms. The van der Waals surface area contributed by atoms with Crippen molar-refractivity contribution in [2.45, 2.75) is 86.0 Å². The van der Waals surface area contributed by atoms with Gasteiger partial charge in [-0.15, -0.1) is 0 Å². The van der Waals surface area contributed by atoms with E-state index in [-0.39, 0.29) is 22.9 Å². The Kier molecular flexibility index (Phi) is 6.66. The van der Waals surface area contributed by atoms with E-state index in [2.05, 4.69) is 32.9 Å². The second kappa shape index (κ2) is 8.74. The first-order chi connectivity index (χ1) is 14.2. The minimum absolute atomic E-state index is 0.0870. The standard InChI is InChI=1S/C25H34ClNO3/c1-7-19(27-30-9-3)23-20(28)10-16(11-21(23)29)22-14(4)17-12-25(6,8-2)13-18(17)15(5)24(22)26/h16,28H,7-13H2,1-6H3. The third kappa shape index (κ3) is 3.91. The number of rotatable bonds is 6. The highest BCUT2D eigenvalue weighted by Gasteiger charge is 2.38. The number of Topliss-reactive ketones (excluding diaryl/α,β-unsaturated/α-hetero) is 1. The number of halogens is 1. The molecule has 0 fully saturated rings. The summed E-state index contributed by atoms with van der Waals surface area (Å²) in [5, 5.41) is 15.6. The summed E-state index contributed by atoms with van der Waals surface area (Å²) in [7, 11) is 0. The lowest BCUT2D eigenvalue weighted by Crippen LogP contribution is -2.24. The molecule has 164 valence electrons. The average Bonchev–Trinajstić information content (AvgIpc) is 3.07. The molecule has 2 unspecified atom stereocenters. The number of hydrogen-bond acceptors (Lipinski definition) is 4. The Hall–Kier alpha value is -1.81. The molecule has 0 spiro atoms. The van der Waals surface area contributed by atoms with E-state index in [0.717, 1.165) is 35.4 Å². The van der Waals surface area contributed by atoms with Crippen molar-refractivity contribution >= 4 is 23.1 Å². The fourth-order valence-corrected chi connectivity index (χ4v) is 5.51. The number of oxime groups is 1. The molecule has 0 radical (unpaired) electrons. The van der Waals surface area contributed by atoms with Crippen LogP contribution in [-0.4, -0.2) is 23.2 Å². The quantitative estimate of drug-likeness (QED) is 0.411. The summed E-state index contributed by atoms with van der Waals surface area (Å²) in [6.07, 6.45) is 4.48. The third-order valence-corrected chi connectivity index (χ3v) is 7.56. The summed E-state index contributed by atoms with van der Waals surface area (Å²) in [6, 6.07) is 0. The Labute approximate surface area is 185 Å². The summed E-state index contributed by atoms with van der Waals surface area (Å²) in [6.45, 7) is 13.0. The van der Waals surface area contributed by atoms with Crippen LogP contribution in [0.2, 0.25) is 5.02 Å². The topological polar surface area (TPSA) is 58.9 Å². The van der Waals surface area contributed by atoms with Gasteiger partial charge in [0.25, 0.3) is 0 Å². The zero-order valence-electron chi connectivity index (χ0n) is 19.1. The molecule has 0 amide bonds. The molecule has 0 aliphatic heterocycles. The Morgan fingerprint density at radius 3 is 2.33 bits per heavy atom. The Morgan fingerprint density at radius 1 is 1.17 bits per heavy atom. The molecule has 2 atom stereocenters. The van der Waals surface area contributed by atoms with Crippen molar-refractivity contribution in [3.63, 3.8) is 0 Å². The minimum atomic E-state index is -0.114. The smallest absolute Gasteiger partial charge is 0.168 e. The molecule has 0 saturated carbocycles. The van der Waals surface area contributed by atoms with Crippen molar-refractivity contribution in [1.29, 1.82) is 0 Å². The van der Waals surface area contributed by atoms with Crippen LogP contribution in [0.15, 0.2) is 16.5 Å². The summed E-state index contributed by atoms with van der Waals surface area (Å²) in [5.41, 5.74) is 7.26. The molecule has 0 saturated heterocycles. The number of allylic oxidation sites excluding steroid dienone is 2. The van der Waals surface area contributed by atoms with Crippen molar-refractivity contribution < 1.29 is 14.7 Å². The van der Waals surface area contributed by atoms with Crippen molar-refractivity contribution in [2.75, 3.05) is 6.61 Å². The van der Waals surface area contributed by atoms with Crippen molar-refractivity contribution in [3.8, 4) is 0 Å². The molecule has 2 aliphatic carbocycles. The lowest BCUT2D eigenvalue weighted by atomic mass is 9.77. The summed E-state index contributed by atoms with van der Waals surface area (Å²) in [5.74, 6) is -0.101. The number of aliphatic hydroxyl groups is 1. The van der Waals surface area contributed by atoms with Gasteiger partial charge in [-0.1, -0.05) is 43.9 Å². The Morgan fingerprint density at radius 2 is 1.80 bits per heavy atom. The van der Waals surface area contributed by atoms with Crippen LogP contribution in [0, 0.1) is 19.3 Å². The lowest BCUT2D eigenvalue weighted by Gasteiger charge is -2.28. The van der Waals surface area contributed by atoms with Crippen LogP contribution < -0.4 is 0 Å². The zero-order chi connectivity index (χ0) is 22.2. The Bertz CT molecular complexity index is 931. The number of fused-ring (bicyclic) bond motifs is 1. The van der Waals surface area contributed by atoms with Gasteiger partial charge in [0.05, 0.1) is 11.3 Å². The van der Waals surface area contributed by atoms with Crippen molar-refractivity contribution in [1.82, 2.24) is 0 Å². The molecule has 1 aromatic rings. The summed E-state index contributed by atoms with van der Waals surface area (Å²) in [4.78, 5) is 18.2. The third-order valence-electron chi connectivity index (χ3n) is 7.07. The molecular formula is C25H34ClNO3. The van der Waals surface area contributed by atoms with Crippen molar-refractivity contribution in [3.05, 3.63) is 44.2 Å². The predicted octanol–water partition coefficient (Wildman–Crippen LogP) is 6.53. The molecular weight excluding hydrogens is 398 g/mol. The van der Waals surface area contributed by atoms with Crippen LogP contribution >= 0.6 is 11.6 Å². The largest absolute Gasteiger partial charge is 0.511 e. The number of benzene rings is 1. The van der Waals surface area contributed by atoms with E-state index in [4.69, 9.17) is 16.4 Å². The SMILES string of the molecule is CCON=C(CC)C1=C(O)CC(c2c(C)c3c(c(C)c2Cl)CC(C)(CC)C3)CC1=O. The van der Waals surface area contributed by atoms with Gasteiger partial charge in [0.2, 0.25) is 0 Å². The number of nitrogens with zero attached hydrogens (tertiary/aromatic N) is 1. The molecule has 5 heteroatoms. The predicted molar refractivity (Wildman–Crippen MR) is 123 cm³/mol. The highest BCUT2D eigenvalue weighted by atomic mass is 35.5. The second-order valence-corrected chi connectivity index (χ2v) is 9.49. The maximum Gasteiger partial charge on any atom is 0.168 e. The van der Waals surface area contributed by atoms with Crippen LogP contribution in [0.1, 0.15) is 87.1 Å². The van der Waals surface area contributed by atoms with Crippen LogP contribution in [0.25, 0.3) is 0 Å². The van der Waals surface area contributed by atoms with Gasteiger partial charge in [-0.2, -0.15) is 0 Å². The van der Waals surface area contributed by atoms with Gasteiger partial charge in [-0.3, -0.25) is 4.79 Å². The normalized spacial score (nSPS) is 24.4. The van der Waals surface area contributed by atoms with Crippen LogP contribution in [0.3, 0.4) is 0 Å². The van der Waals surface area contributed by atoms with E-state index in [1.165, 1.54) is 16.7 Å². The monoisotopic (exact) mass is 431 g/mol. The maximum atomic E-state index is 13.0. The number of carbonyl (C=O) groups excluding carboxylic acids is 1. The van der Waals surface area contributed by atoms with Gasteiger partial charge in [-0.25, -0.2) is 0 Å². The zero-order valence-corrected chi connectivity index (χ0v) is 19.9. The fraction of sp³-hybridized carbons (Fsp3) is 0.600. The highest BCUT2D eigenvalue weighted by Crippen LogP contribution is 2.48. The molecule has 1 aromatic carbocycles. The van der Waals surface area contributed by atoms with Gasteiger partial charge in [-0.05, 0) is 79.2 Å². The molecule has 0 aromatic heterocycles. The Balaban J connectivity index is 2.03. The first kappa shape index (κ1) is 22.9. The number of aliphatic hydroxyl groups excluding tert-OH is 1. The molecule has 2 aliphatic rings. The minimum Gasteiger partial charge on any atom is -0.511 e. The van der Waals surface area contributed by atoms with Gasteiger partial charge < -0.3 is 9.94 Å². The van der Waals surface area contributed by atoms with Crippen LogP contribution in [0.5, 0.6) is 0 Å². The molecule has 1 N–H and O–H groups in total. The first-order valence-electron chi connectivity index (χ1n) is 11.1. The summed E-state index contributed by atoms with van der Waals surface area (Å²) < 4.78 is 0. The van der Waals surface area contributed by atoms with Crippen LogP contribution in [-0.2, 0) is 22.5 Å². The highest BCUT2D eigenvalue weighted by molar-refractivity contribution is 6.32. The summed E-state index contributed by atoms with van der Waals surface area (Å²) >= 11 is 6.89. The molecule has 3 rings (SSSR count). The first-order valence-corrected chi connectivity index (χ1v) is 11.5. The van der Waals surface area contributed by atoms with Gasteiger partial charge >= 0.3 is 0 Å². The average molecular weight is 432 g/mol. The van der Waals surface area contributed by atoms with Crippen LogP contribution in [0.4, 0.5) is 0 Å². The molecule has 0 bridgehead atoms. The molecule has 4 nitrogen and oxygen atoms in total. The maximum absolute atomic E-state index is 13.0. The van der Waals surface area contributed by atoms with Gasteiger partial charge in [0.15, 0.2) is 5.78 Å². The van der Waals surface area contributed by atoms with Crippen molar-refractivity contribution in [2.24, 2.45) is 10.6 Å². The molecule has 0 heterocycles. The number of ketones is 1. The van der Waals surface area contributed by atoms with E-state index >= 15 is 0 Å². The van der Waals surface area contributed by atoms with E-state index in [1.807, 2.05) is 13.8 Å². The second-order valence-electron chi connectivity index (χ2n) is 9.11. The van der Waals surface area contributed by atoms with E-state index < -0.39 is 0 Å². The lowest BCUT2D eigenvalue weighted by molar-refractivity contribution is -0.116. The van der Waals surface area contributed by atoms with Gasteiger partial charge in [0.1, 0.15) is 12.4 Å². The van der Waals surface area contributed by atoms with E-state index in [9.17, 15) is 9.90 Å². The van der Waals surface area contributed by atoms with E-state index in [0.29, 0.717) is 37.2 Å². The number of hydrogen-bond donors (Lipinski definition) is 1. The van der Waals surface area contributed by atoms with Gasteiger partial charge in [0, 0.05) is 17.9 Å². The van der Waals surface area contributed by atoms with E-state index in [1.54, 1.807) is 0 Å².